The van der Waals surface area contributed by atoms with Crippen molar-refractivity contribution in [3.8, 4) is 11.5 Å². The Morgan fingerprint density at radius 1 is 1.07 bits per heavy atom. The fourth-order valence-electron chi connectivity index (χ4n) is 2.79. The molecule has 0 bridgehead atoms. The number of ether oxygens (including phenoxy) is 2. The lowest BCUT2D eigenvalue weighted by Crippen LogP contribution is -2.10. The Balaban J connectivity index is 1.71. The Kier molecular flexibility index (Phi) is 7.69. The van der Waals surface area contributed by atoms with Gasteiger partial charge in [-0.3, -0.25) is 0 Å². The van der Waals surface area contributed by atoms with Crippen molar-refractivity contribution < 1.29 is 9.47 Å². The topological polar surface area (TPSA) is 74.1 Å². The van der Waals surface area contributed by atoms with Crippen molar-refractivity contribution >= 4 is 17.5 Å². The number of anilines is 1. The molecule has 0 unspecified atom stereocenters. The standard InChI is InChI=1S/C21H26ClN5O2/c1-3-5-11-27-21(24-25-26-27)23-14-17-12-19(28-4-2)20(13-18(17)22)29-15-16-9-7-6-8-10-16/h6-10,12-13H,3-5,11,14-15H2,1-2H3,(H,23,24,26). The Morgan fingerprint density at radius 2 is 1.86 bits per heavy atom. The number of halogens is 1. The summed E-state index contributed by atoms with van der Waals surface area (Å²) in [5.74, 6) is 1.91. The van der Waals surface area contributed by atoms with Crippen LogP contribution >= 0.6 is 11.6 Å². The molecule has 0 aliphatic rings. The smallest absolute Gasteiger partial charge is 0.243 e. The molecule has 2 aromatic carbocycles. The minimum absolute atomic E-state index is 0.445. The molecule has 0 amide bonds. The number of nitrogens with one attached hydrogen (secondary N) is 1. The van der Waals surface area contributed by atoms with Gasteiger partial charge in [0.05, 0.1) is 6.61 Å². The molecule has 0 atom stereocenters. The first-order valence-electron chi connectivity index (χ1n) is 9.83. The van der Waals surface area contributed by atoms with E-state index in [4.69, 9.17) is 21.1 Å². The van der Waals surface area contributed by atoms with Crippen LogP contribution in [0.3, 0.4) is 0 Å². The van der Waals surface area contributed by atoms with Gasteiger partial charge in [0.15, 0.2) is 11.5 Å². The number of benzene rings is 2. The predicted molar refractivity (Wildman–Crippen MR) is 113 cm³/mol. The van der Waals surface area contributed by atoms with Gasteiger partial charge in [-0.15, -0.1) is 0 Å². The SMILES string of the molecule is CCCCn1nnnc1NCc1cc(OCC)c(OCc2ccccc2)cc1Cl. The zero-order valence-corrected chi connectivity index (χ0v) is 17.5. The first-order chi connectivity index (χ1) is 14.2. The largest absolute Gasteiger partial charge is 0.490 e. The quantitative estimate of drug-likeness (QED) is 0.488. The highest BCUT2D eigenvalue weighted by molar-refractivity contribution is 6.31. The van der Waals surface area contributed by atoms with Gasteiger partial charge in [0.25, 0.3) is 0 Å². The van der Waals surface area contributed by atoms with E-state index < -0.39 is 0 Å². The number of nitrogens with zero attached hydrogens (tertiary/aromatic N) is 4. The number of unbranched alkanes of at least 4 members (excludes halogenated alkanes) is 1. The lowest BCUT2D eigenvalue weighted by molar-refractivity contribution is 0.269. The third-order valence-corrected chi connectivity index (χ3v) is 4.69. The van der Waals surface area contributed by atoms with Gasteiger partial charge in [0.2, 0.25) is 5.95 Å². The zero-order valence-electron chi connectivity index (χ0n) is 16.8. The summed E-state index contributed by atoms with van der Waals surface area (Å²) in [4.78, 5) is 0. The van der Waals surface area contributed by atoms with E-state index in [2.05, 4.69) is 27.8 Å². The molecule has 0 spiro atoms. The summed E-state index contributed by atoms with van der Waals surface area (Å²) in [6.07, 6.45) is 2.09. The number of rotatable bonds is 11. The van der Waals surface area contributed by atoms with Crippen LogP contribution in [0.15, 0.2) is 42.5 Å². The molecule has 0 radical (unpaired) electrons. The van der Waals surface area contributed by atoms with Gasteiger partial charge in [0, 0.05) is 24.2 Å². The van der Waals surface area contributed by atoms with Gasteiger partial charge in [-0.1, -0.05) is 60.4 Å². The average molecular weight is 416 g/mol. The molecule has 0 fully saturated rings. The van der Waals surface area contributed by atoms with E-state index in [1.165, 1.54) is 0 Å². The Labute approximate surface area is 176 Å². The van der Waals surface area contributed by atoms with Crippen molar-refractivity contribution in [3.05, 3.63) is 58.6 Å². The van der Waals surface area contributed by atoms with Crippen molar-refractivity contribution in [2.75, 3.05) is 11.9 Å². The molecule has 1 heterocycles. The van der Waals surface area contributed by atoms with Crippen LogP contribution in [-0.2, 0) is 19.7 Å². The summed E-state index contributed by atoms with van der Waals surface area (Å²) in [6, 6.07) is 13.7. The van der Waals surface area contributed by atoms with Crippen LogP contribution < -0.4 is 14.8 Å². The number of tetrazole rings is 1. The maximum atomic E-state index is 6.51. The minimum Gasteiger partial charge on any atom is -0.490 e. The normalized spacial score (nSPS) is 10.7. The summed E-state index contributed by atoms with van der Waals surface area (Å²) < 4.78 is 13.5. The summed E-state index contributed by atoms with van der Waals surface area (Å²) in [5, 5.41) is 15.7. The Bertz CT molecular complexity index is 901. The lowest BCUT2D eigenvalue weighted by atomic mass is 10.2. The van der Waals surface area contributed by atoms with Crippen LogP contribution in [0, 0.1) is 0 Å². The van der Waals surface area contributed by atoms with E-state index >= 15 is 0 Å². The molecular weight excluding hydrogens is 390 g/mol. The van der Waals surface area contributed by atoms with Gasteiger partial charge in [-0.2, -0.15) is 0 Å². The monoisotopic (exact) mass is 415 g/mol. The molecular formula is C21H26ClN5O2. The second kappa shape index (κ2) is 10.7. The predicted octanol–water partition coefficient (Wildman–Crippen LogP) is 4.72. The maximum absolute atomic E-state index is 6.51. The third kappa shape index (κ3) is 5.84. The van der Waals surface area contributed by atoms with E-state index in [-0.39, 0.29) is 0 Å². The fraction of sp³-hybridized carbons (Fsp3) is 0.381. The second-order valence-electron chi connectivity index (χ2n) is 6.53. The highest BCUT2D eigenvalue weighted by Crippen LogP contribution is 2.34. The number of hydrogen-bond donors (Lipinski definition) is 1. The summed E-state index contributed by atoms with van der Waals surface area (Å²) in [6.45, 7) is 6.30. The molecule has 1 aromatic heterocycles. The molecule has 3 aromatic rings. The average Bonchev–Trinajstić information content (AvgIpc) is 3.19. The van der Waals surface area contributed by atoms with Crippen molar-refractivity contribution in [2.24, 2.45) is 0 Å². The van der Waals surface area contributed by atoms with E-state index in [1.807, 2.05) is 43.3 Å². The van der Waals surface area contributed by atoms with Crippen LogP contribution in [-0.4, -0.2) is 26.8 Å². The molecule has 1 N–H and O–H groups in total. The lowest BCUT2D eigenvalue weighted by Gasteiger charge is -2.15. The number of aryl methyl sites for hydroxylation is 1. The van der Waals surface area contributed by atoms with Gasteiger partial charge >= 0.3 is 0 Å². The molecule has 29 heavy (non-hydrogen) atoms. The van der Waals surface area contributed by atoms with Crippen LogP contribution in [0.2, 0.25) is 5.02 Å². The summed E-state index contributed by atoms with van der Waals surface area (Å²) in [7, 11) is 0. The molecule has 3 rings (SSSR count). The maximum Gasteiger partial charge on any atom is 0.243 e. The van der Waals surface area contributed by atoms with Gasteiger partial charge in [0.1, 0.15) is 6.61 Å². The van der Waals surface area contributed by atoms with Crippen molar-refractivity contribution in [3.63, 3.8) is 0 Å². The van der Waals surface area contributed by atoms with E-state index in [0.29, 0.717) is 42.2 Å². The van der Waals surface area contributed by atoms with E-state index in [1.54, 1.807) is 10.7 Å². The number of hydrogen-bond acceptors (Lipinski definition) is 6. The molecule has 154 valence electrons. The van der Waals surface area contributed by atoms with Crippen molar-refractivity contribution in [1.29, 1.82) is 0 Å². The third-order valence-electron chi connectivity index (χ3n) is 4.34. The number of aromatic nitrogens is 4. The minimum atomic E-state index is 0.445. The van der Waals surface area contributed by atoms with Crippen LogP contribution in [0.1, 0.15) is 37.8 Å². The molecule has 8 heteroatoms. The fourth-order valence-corrected chi connectivity index (χ4v) is 3.01. The van der Waals surface area contributed by atoms with E-state index in [0.717, 1.165) is 30.5 Å². The van der Waals surface area contributed by atoms with Gasteiger partial charge in [-0.05, 0) is 41.0 Å². The van der Waals surface area contributed by atoms with Gasteiger partial charge < -0.3 is 14.8 Å². The Hall–Kier alpha value is -2.80. The van der Waals surface area contributed by atoms with Crippen molar-refractivity contribution in [1.82, 2.24) is 20.2 Å². The summed E-state index contributed by atoms with van der Waals surface area (Å²) in [5.41, 5.74) is 1.96. The Morgan fingerprint density at radius 3 is 2.62 bits per heavy atom. The summed E-state index contributed by atoms with van der Waals surface area (Å²) >= 11 is 6.51. The molecule has 0 aliphatic heterocycles. The van der Waals surface area contributed by atoms with Gasteiger partial charge in [-0.25, -0.2) is 4.68 Å². The first kappa shape index (κ1) is 20.9. The molecule has 0 saturated heterocycles. The van der Waals surface area contributed by atoms with Crippen LogP contribution in [0.25, 0.3) is 0 Å². The first-order valence-corrected chi connectivity index (χ1v) is 10.2. The molecule has 0 aliphatic carbocycles. The molecule has 7 nitrogen and oxygen atoms in total. The van der Waals surface area contributed by atoms with Crippen LogP contribution in [0.5, 0.6) is 11.5 Å². The molecule has 0 saturated carbocycles. The highest BCUT2D eigenvalue weighted by atomic mass is 35.5. The highest BCUT2D eigenvalue weighted by Gasteiger charge is 2.13. The van der Waals surface area contributed by atoms with Crippen LogP contribution in [0.4, 0.5) is 5.95 Å². The van der Waals surface area contributed by atoms with Crippen molar-refractivity contribution in [2.45, 2.75) is 46.4 Å². The second-order valence-corrected chi connectivity index (χ2v) is 6.94. The van der Waals surface area contributed by atoms with E-state index in [9.17, 15) is 0 Å². The zero-order chi connectivity index (χ0) is 20.5.